The van der Waals surface area contributed by atoms with Crippen LogP contribution < -0.4 is 5.32 Å². The van der Waals surface area contributed by atoms with Crippen LogP contribution in [0.1, 0.15) is 56.5 Å². The van der Waals surface area contributed by atoms with E-state index in [4.69, 9.17) is 20.4 Å². The molecule has 2 aliphatic rings. The number of hydrogen-bond acceptors (Lipinski definition) is 6. The summed E-state index contributed by atoms with van der Waals surface area (Å²) in [6.07, 6.45) is 7.37. The number of hydrogen-bond donors (Lipinski definition) is 1. The SMILES string of the molecule is C=C/C(Cl)=C(\C=C(/C)NC(=O)N1[C@@H]2C[C@H](C)CC1(c1nnc(C)o1)C2)c1nc(C)co1. The molecule has 2 bridgehead atoms. The summed E-state index contributed by atoms with van der Waals surface area (Å²) in [5, 5.41) is 11.6. The lowest BCUT2D eigenvalue weighted by molar-refractivity contribution is -0.113. The normalized spacial score (nSPS) is 26.2. The first-order valence-corrected chi connectivity index (χ1v) is 10.6. The average Bonchev–Trinajstić information content (AvgIpc) is 3.33. The molecule has 164 valence electrons. The van der Waals surface area contributed by atoms with Crippen molar-refractivity contribution in [1.29, 1.82) is 0 Å². The molecule has 3 atom stereocenters. The zero-order chi connectivity index (χ0) is 22.3. The molecule has 4 rings (SSSR count). The van der Waals surface area contributed by atoms with Crippen LogP contribution in [0.4, 0.5) is 4.79 Å². The van der Waals surface area contributed by atoms with E-state index in [1.54, 1.807) is 26.2 Å². The van der Waals surface area contributed by atoms with Crippen molar-refractivity contribution in [3.05, 3.63) is 59.1 Å². The van der Waals surface area contributed by atoms with Crippen molar-refractivity contribution < 1.29 is 13.6 Å². The van der Waals surface area contributed by atoms with E-state index in [2.05, 4.69) is 34.0 Å². The number of halogens is 1. The number of rotatable bonds is 5. The Morgan fingerprint density at radius 2 is 2.16 bits per heavy atom. The molecular weight excluding hydrogens is 418 g/mol. The monoisotopic (exact) mass is 443 g/mol. The molecule has 0 aliphatic carbocycles. The topological polar surface area (TPSA) is 97.3 Å². The highest BCUT2D eigenvalue weighted by atomic mass is 35.5. The Morgan fingerprint density at radius 1 is 1.39 bits per heavy atom. The number of oxazole rings is 1. The van der Waals surface area contributed by atoms with E-state index in [-0.39, 0.29) is 12.1 Å². The van der Waals surface area contributed by atoms with Crippen molar-refractivity contribution in [2.45, 2.75) is 58.5 Å². The number of nitrogens with zero attached hydrogens (tertiary/aromatic N) is 4. The molecule has 1 unspecified atom stereocenters. The van der Waals surface area contributed by atoms with E-state index in [1.807, 2.05) is 11.8 Å². The van der Waals surface area contributed by atoms with E-state index < -0.39 is 5.54 Å². The molecule has 1 N–H and O–H groups in total. The van der Waals surface area contributed by atoms with Gasteiger partial charge < -0.3 is 19.1 Å². The molecule has 2 aromatic rings. The summed E-state index contributed by atoms with van der Waals surface area (Å²) in [5.41, 5.74) is 1.33. The Hall–Kier alpha value is -2.87. The lowest BCUT2D eigenvalue weighted by Crippen LogP contribution is -2.71. The van der Waals surface area contributed by atoms with Crippen LogP contribution in [0, 0.1) is 19.8 Å². The molecule has 0 saturated carbocycles. The molecular formula is C22H26ClN5O3. The van der Waals surface area contributed by atoms with Crippen LogP contribution in [0.25, 0.3) is 5.57 Å². The van der Waals surface area contributed by atoms with Gasteiger partial charge in [-0.05, 0) is 44.8 Å². The van der Waals surface area contributed by atoms with Crippen LogP contribution in [0.2, 0.25) is 0 Å². The van der Waals surface area contributed by atoms with E-state index in [9.17, 15) is 4.79 Å². The maximum absolute atomic E-state index is 13.3. The van der Waals surface area contributed by atoms with Gasteiger partial charge in [0.1, 0.15) is 11.8 Å². The second-order valence-electron chi connectivity index (χ2n) is 8.45. The van der Waals surface area contributed by atoms with E-state index >= 15 is 0 Å². The van der Waals surface area contributed by atoms with Gasteiger partial charge in [0.05, 0.1) is 16.3 Å². The summed E-state index contributed by atoms with van der Waals surface area (Å²) < 4.78 is 11.2. The van der Waals surface area contributed by atoms with Gasteiger partial charge in [-0.1, -0.05) is 25.1 Å². The first-order valence-electron chi connectivity index (χ1n) is 10.3. The second-order valence-corrected chi connectivity index (χ2v) is 8.86. The Bertz CT molecular complexity index is 1080. The van der Waals surface area contributed by atoms with Crippen LogP contribution >= 0.6 is 11.6 Å². The summed E-state index contributed by atoms with van der Waals surface area (Å²) >= 11 is 6.32. The van der Waals surface area contributed by atoms with Crippen LogP contribution in [0.3, 0.4) is 0 Å². The fraction of sp³-hybridized carbons (Fsp3) is 0.455. The Balaban J connectivity index is 1.59. The third kappa shape index (κ3) is 3.80. The fourth-order valence-electron chi connectivity index (χ4n) is 4.74. The van der Waals surface area contributed by atoms with Crippen LogP contribution in [0.5, 0.6) is 0 Å². The molecule has 0 aromatic carbocycles. The summed E-state index contributed by atoms with van der Waals surface area (Å²) in [6.45, 7) is 11.3. The van der Waals surface area contributed by atoms with Gasteiger partial charge in [-0.25, -0.2) is 9.78 Å². The zero-order valence-electron chi connectivity index (χ0n) is 18.1. The van der Waals surface area contributed by atoms with E-state index in [0.717, 1.165) is 25.0 Å². The number of urea groups is 1. The van der Waals surface area contributed by atoms with Crippen molar-refractivity contribution in [2.75, 3.05) is 0 Å². The van der Waals surface area contributed by atoms with Crippen molar-refractivity contribution in [1.82, 2.24) is 25.4 Å². The lowest BCUT2D eigenvalue weighted by atomic mass is 9.64. The smallest absolute Gasteiger partial charge is 0.322 e. The molecule has 2 aliphatic heterocycles. The van der Waals surface area contributed by atoms with Crippen molar-refractivity contribution in [3.8, 4) is 0 Å². The lowest BCUT2D eigenvalue weighted by Gasteiger charge is -2.61. The number of piperidine rings is 1. The number of carbonyl (C=O) groups is 1. The van der Waals surface area contributed by atoms with E-state index in [1.165, 1.54) is 6.08 Å². The van der Waals surface area contributed by atoms with E-state index in [0.29, 0.717) is 39.9 Å². The predicted octanol–water partition coefficient (Wildman–Crippen LogP) is 4.82. The highest BCUT2D eigenvalue weighted by Gasteiger charge is 2.62. The van der Waals surface area contributed by atoms with Crippen molar-refractivity contribution in [2.24, 2.45) is 5.92 Å². The largest absolute Gasteiger partial charge is 0.444 e. The highest BCUT2D eigenvalue weighted by molar-refractivity contribution is 6.34. The summed E-state index contributed by atoms with van der Waals surface area (Å²) in [7, 11) is 0. The van der Waals surface area contributed by atoms with Gasteiger partial charge in [0.25, 0.3) is 0 Å². The maximum atomic E-state index is 13.3. The molecule has 0 spiro atoms. The quantitative estimate of drug-likeness (QED) is 0.665. The van der Waals surface area contributed by atoms with Gasteiger partial charge in [-0.3, -0.25) is 0 Å². The maximum Gasteiger partial charge on any atom is 0.322 e. The first-order chi connectivity index (χ1) is 14.7. The number of amides is 2. The summed E-state index contributed by atoms with van der Waals surface area (Å²) in [5.74, 6) is 1.84. The van der Waals surface area contributed by atoms with Gasteiger partial charge in [0.2, 0.25) is 17.7 Å². The van der Waals surface area contributed by atoms with Crippen molar-refractivity contribution >= 4 is 23.2 Å². The third-order valence-corrected chi connectivity index (χ3v) is 6.21. The van der Waals surface area contributed by atoms with Crippen LogP contribution in [-0.2, 0) is 5.54 Å². The van der Waals surface area contributed by atoms with Gasteiger partial charge in [-0.15, -0.1) is 10.2 Å². The number of fused-ring (bicyclic) bond motifs is 2. The Kier molecular flexibility index (Phi) is 5.51. The molecule has 2 fully saturated rings. The number of carbonyl (C=O) groups excluding carboxylic acids is 1. The number of nitrogens with one attached hydrogen (secondary N) is 1. The van der Waals surface area contributed by atoms with Gasteiger partial charge in [0.15, 0.2) is 0 Å². The van der Waals surface area contributed by atoms with Gasteiger partial charge in [-0.2, -0.15) is 0 Å². The second kappa shape index (κ2) is 8.00. The predicted molar refractivity (Wildman–Crippen MR) is 116 cm³/mol. The molecule has 0 radical (unpaired) electrons. The van der Waals surface area contributed by atoms with Gasteiger partial charge >= 0.3 is 6.03 Å². The average molecular weight is 444 g/mol. The first kappa shape index (κ1) is 21.4. The summed E-state index contributed by atoms with van der Waals surface area (Å²) in [6, 6.07) is -0.0599. The molecule has 31 heavy (non-hydrogen) atoms. The minimum atomic E-state index is -0.551. The molecule has 2 amide bonds. The van der Waals surface area contributed by atoms with Crippen molar-refractivity contribution in [3.63, 3.8) is 0 Å². The highest BCUT2D eigenvalue weighted by Crippen LogP contribution is 2.55. The number of aryl methyl sites for hydroxylation is 2. The van der Waals surface area contributed by atoms with Gasteiger partial charge in [0, 0.05) is 25.1 Å². The third-order valence-electron chi connectivity index (χ3n) is 5.85. The summed E-state index contributed by atoms with van der Waals surface area (Å²) in [4.78, 5) is 19.5. The Labute approximate surface area is 186 Å². The molecule has 2 aromatic heterocycles. The molecule has 2 saturated heterocycles. The standard InChI is InChI=1S/C22H26ClN5O3/c1-6-18(23)17(19-24-14(4)11-30-19)8-13(3)25-21(29)28-16-7-12(2)9-22(28,10-16)20-27-26-15(5)31-20/h6,8,11-12,16H,1,7,9-10H2,2-5H3,(H,25,29)/b13-8+,18-17-/t12-,16+,22?/m0/s1. The number of allylic oxidation sites excluding steroid dienone is 5. The zero-order valence-corrected chi connectivity index (χ0v) is 18.9. The Morgan fingerprint density at radius 3 is 2.77 bits per heavy atom. The molecule has 8 nitrogen and oxygen atoms in total. The minimum absolute atomic E-state index is 0.143. The molecule has 4 heterocycles. The fourth-order valence-corrected chi connectivity index (χ4v) is 4.87. The van der Waals surface area contributed by atoms with Crippen LogP contribution in [-0.4, -0.2) is 32.2 Å². The number of aromatic nitrogens is 3. The van der Waals surface area contributed by atoms with Crippen LogP contribution in [0.15, 0.2) is 44.6 Å². The molecule has 9 heteroatoms. The minimum Gasteiger partial charge on any atom is -0.444 e.